The van der Waals surface area contributed by atoms with Gasteiger partial charge in [-0.1, -0.05) is 61.9 Å². The maximum absolute atomic E-state index is 6.47. The Hall–Kier alpha value is -0.906. The Morgan fingerprint density at radius 3 is 2.71 bits per heavy atom. The summed E-state index contributed by atoms with van der Waals surface area (Å²) < 4.78 is 17.6. The van der Waals surface area contributed by atoms with Crippen LogP contribution in [0, 0.1) is 17.2 Å². The van der Waals surface area contributed by atoms with E-state index >= 15 is 0 Å². The monoisotopic (exact) mass is 530 g/mol. The van der Waals surface area contributed by atoms with Gasteiger partial charge in [-0.05, 0) is 17.9 Å². The normalized spacial score (nSPS) is 18.5. The van der Waals surface area contributed by atoms with E-state index in [1.54, 1.807) is 17.6 Å². The number of hydrogen-bond acceptors (Lipinski definition) is 4. The van der Waals surface area contributed by atoms with Gasteiger partial charge in [0.25, 0.3) is 5.95 Å². The van der Waals surface area contributed by atoms with Crippen molar-refractivity contribution in [1.29, 1.82) is 0 Å². The van der Waals surface area contributed by atoms with Crippen LogP contribution in [0.3, 0.4) is 0 Å². The first-order valence-corrected chi connectivity index (χ1v) is 11.4. The average molecular weight is 531 g/mol. The van der Waals surface area contributed by atoms with Crippen molar-refractivity contribution in [3.63, 3.8) is 0 Å². The van der Waals surface area contributed by atoms with E-state index in [-0.39, 0.29) is 44.0 Å². The molecule has 0 bridgehead atoms. The van der Waals surface area contributed by atoms with Gasteiger partial charge in [0.1, 0.15) is 0 Å². The molecule has 161 valence electrons. The molecule has 3 aromatic rings. The molecule has 0 saturated carbocycles. The number of allylic oxidation sites excluding steroid dienone is 1. The van der Waals surface area contributed by atoms with E-state index in [2.05, 4.69) is 49.6 Å². The Morgan fingerprint density at radius 1 is 1.16 bits per heavy atom. The molecule has 2 atom stereocenters. The Morgan fingerprint density at radius 2 is 1.97 bits per heavy atom. The van der Waals surface area contributed by atoms with Gasteiger partial charge in [0.2, 0.25) is 0 Å². The number of furan rings is 1. The van der Waals surface area contributed by atoms with E-state index in [4.69, 9.17) is 25.5 Å². The second kappa shape index (κ2) is 11.3. The van der Waals surface area contributed by atoms with Crippen LogP contribution in [0.4, 0.5) is 0 Å². The maximum atomic E-state index is 6.47. The van der Waals surface area contributed by atoms with E-state index in [0.29, 0.717) is 31.7 Å². The molecule has 0 aliphatic heterocycles. The van der Waals surface area contributed by atoms with Crippen LogP contribution in [0.15, 0.2) is 70.3 Å². The molecule has 0 saturated heterocycles. The summed E-state index contributed by atoms with van der Waals surface area (Å²) in [6.07, 6.45) is 4.77. The molecule has 3 nitrogen and oxygen atoms in total. The molecule has 1 aliphatic carbocycles. The Bertz CT molecular complexity index is 966. The van der Waals surface area contributed by atoms with Crippen LogP contribution >= 0.6 is 22.9 Å². The molecule has 0 N–H and O–H groups in total. The van der Waals surface area contributed by atoms with Crippen LogP contribution < -0.4 is 4.74 Å². The van der Waals surface area contributed by atoms with Gasteiger partial charge in [0.05, 0.1) is 12.9 Å². The van der Waals surface area contributed by atoms with Crippen molar-refractivity contribution < 1.29 is 46.6 Å². The predicted molar refractivity (Wildman–Crippen MR) is 121 cm³/mol. The van der Waals surface area contributed by atoms with E-state index in [0.717, 1.165) is 17.0 Å². The molecule has 4 rings (SSSR count). The van der Waals surface area contributed by atoms with Crippen LogP contribution in [0.5, 0.6) is 5.95 Å². The topological polar surface area (TPSA) is 31.6 Å². The molecule has 0 amide bonds. The van der Waals surface area contributed by atoms with E-state index < -0.39 is 0 Å². The minimum Gasteiger partial charge on any atom is -0.464 e. The molecule has 2 aromatic heterocycles. The van der Waals surface area contributed by atoms with Gasteiger partial charge in [-0.2, -0.15) is 12.1 Å². The summed E-state index contributed by atoms with van der Waals surface area (Å²) in [6.45, 7) is 6.13. The van der Waals surface area contributed by atoms with E-state index in [9.17, 15) is 0 Å². The molecule has 1 aromatic carbocycles. The quantitative estimate of drug-likeness (QED) is 0.285. The third kappa shape index (κ3) is 6.12. The first kappa shape index (κ1) is 24.7. The van der Waals surface area contributed by atoms with Crippen molar-refractivity contribution >= 4 is 22.9 Å². The number of thiophene rings is 1. The van der Waals surface area contributed by atoms with Crippen LogP contribution in [-0.2, 0) is 49.5 Å². The van der Waals surface area contributed by atoms with Gasteiger partial charge in [0.15, 0.2) is 0 Å². The van der Waals surface area contributed by atoms with Gasteiger partial charge < -0.3 is 13.9 Å². The fraction of sp³-hybridized carbons (Fsp3) is 0.360. The minimum atomic E-state index is -0.160. The molecule has 1 aliphatic rings. The summed E-state index contributed by atoms with van der Waals surface area (Å²) >= 11 is 8.06. The standard InChI is InChI=1S/C25H26ClO3S.Y/c1-25(2,19-7-4-3-5-8-19)20-13-24(28-15-20)29-17-22-18(10-11-23(22)26)14-27-16-21-9-6-12-30-21;/h3-9,11,13,15,18,22H,10,14,16-17H2,1-2H3;/q-1;/t18-,22-;/m1./s1. The second-order valence-corrected chi connectivity index (χ2v) is 9.58. The fourth-order valence-corrected chi connectivity index (χ4v) is 4.67. The van der Waals surface area contributed by atoms with Crippen molar-refractivity contribution in [3.05, 3.63) is 87.3 Å². The number of rotatable bonds is 9. The SMILES string of the molecule is CC(C)(c1ccccc1)c1coc(OC[C@H]2C(Cl)=CC[C@@H]2COCc2cc[c-]s2)c1.[Y]. The van der Waals surface area contributed by atoms with Crippen molar-refractivity contribution in [3.8, 4) is 5.95 Å². The number of ether oxygens (including phenoxy) is 2. The largest absolute Gasteiger partial charge is 0.464 e. The van der Waals surface area contributed by atoms with Crippen molar-refractivity contribution in [2.24, 2.45) is 11.8 Å². The maximum Gasteiger partial charge on any atom is 0.284 e. The van der Waals surface area contributed by atoms with Crippen molar-refractivity contribution in [2.75, 3.05) is 13.2 Å². The van der Waals surface area contributed by atoms with E-state index in [1.165, 1.54) is 10.4 Å². The average Bonchev–Trinajstić information content (AvgIpc) is 3.50. The first-order chi connectivity index (χ1) is 14.5. The second-order valence-electron chi connectivity index (χ2n) is 8.18. The molecular formula is C25H26ClO3SY-. The number of hydrogen-bond donors (Lipinski definition) is 0. The zero-order valence-electron chi connectivity index (χ0n) is 17.8. The van der Waals surface area contributed by atoms with Gasteiger partial charge in [-0.3, -0.25) is 11.3 Å². The third-order valence-corrected chi connectivity index (χ3v) is 7.04. The van der Waals surface area contributed by atoms with Gasteiger partial charge in [-0.25, -0.2) is 0 Å². The summed E-state index contributed by atoms with van der Waals surface area (Å²) in [7, 11) is 0. The predicted octanol–water partition coefficient (Wildman–Crippen LogP) is 6.82. The van der Waals surface area contributed by atoms with Crippen molar-refractivity contribution in [1.82, 2.24) is 0 Å². The number of halogens is 1. The van der Waals surface area contributed by atoms with Crippen LogP contribution in [0.2, 0.25) is 0 Å². The van der Waals surface area contributed by atoms with Crippen LogP contribution in [-0.4, -0.2) is 13.2 Å². The molecule has 0 unspecified atom stereocenters. The summed E-state index contributed by atoms with van der Waals surface area (Å²) in [5.74, 6) is 0.966. The van der Waals surface area contributed by atoms with Crippen molar-refractivity contribution in [2.45, 2.75) is 32.3 Å². The van der Waals surface area contributed by atoms with E-state index in [1.807, 2.05) is 24.3 Å². The van der Waals surface area contributed by atoms with Gasteiger partial charge in [-0.15, -0.1) is 10.3 Å². The molecule has 0 spiro atoms. The molecule has 31 heavy (non-hydrogen) atoms. The zero-order valence-corrected chi connectivity index (χ0v) is 22.3. The molecule has 6 heteroatoms. The summed E-state index contributed by atoms with van der Waals surface area (Å²) in [5, 5.41) is 3.94. The Kier molecular flexibility index (Phi) is 9.01. The Balaban J connectivity index is 0.00000272. The molecule has 0 fully saturated rings. The summed E-state index contributed by atoms with van der Waals surface area (Å²) in [5.41, 5.74) is 2.16. The minimum absolute atomic E-state index is 0. The van der Waals surface area contributed by atoms with Gasteiger partial charge >= 0.3 is 0 Å². The molecule has 2 heterocycles. The fourth-order valence-electron chi connectivity index (χ4n) is 3.78. The zero-order chi connectivity index (χ0) is 21.0. The summed E-state index contributed by atoms with van der Waals surface area (Å²) in [4.78, 5) is 1.18. The first-order valence-electron chi connectivity index (χ1n) is 10.2. The Labute approximate surface area is 218 Å². The molecular weight excluding hydrogens is 505 g/mol. The molecule has 1 radical (unpaired) electrons. The van der Waals surface area contributed by atoms with Crippen LogP contribution in [0.1, 0.15) is 36.3 Å². The number of benzene rings is 1. The summed E-state index contributed by atoms with van der Waals surface area (Å²) in [6, 6.07) is 16.4. The van der Waals surface area contributed by atoms with Gasteiger partial charge in [0, 0.05) is 73.9 Å². The van der Waals surface area contributed by atoms with Crippen LogP contribution in [0.25, 0.3) is 0 Å². The third-order valence-electron chi connectivity index (χ3n) is 5.84. The smallest absolute Gasteiger partial charge is 0.284 e.